The van der Waals surface area contributed by atoms with E-state index >= 15 is 0 Å². The molecule has 3 aromatic carbocycles. The van der Waals surface area contributed by atoms with Gasteiger partial charge in [0, 0.05) is 12.1 Å². The first-order valence-electron chi connectivity index (χ1n) is 11.9. The minimum Gasteiger partial charge on any atom is -0.460 e. The second kappa shape index (κ2) is 10.1. The van der Waals surface area contributed by atoms with E-state index in [0.29, 0.717) is 36.0 Å². The zero-order valence-electron chi connectivity index (χ0n) is 19.4. The first kappa shape index (κ1) is 22.8. The number of aromatic amines is 1. The number of nitrogens with zero attached hydrogens (tertiary/aromatic N) is 2. The van der Waals surface area contributed by atoms with Gasteiger partial charge in [-0.1, -0.05) is 60.7 Å². The first-order chi connectivity index (χ1) is 17.1. The molecule has 1 aliphatic rings. The zero-order chi connectivity index (χ0) is 24.2. The molecule has 1 unspecified atom stereocenters. The van der Waals surface area contributed by atoms with Crippen LogP contribution in [0.5, 0.6) is 0 Å². The lowest BCUT2D eigenvalue weighted by Crippen LogP contribution is -2.38. The molecule has 1 saturated heterocycles. The maximum Gasteiger partial charge on any atom is 0.320 e. The Kier molecular flexibility index (Phi) is 6.59. The molecule has 1 amide bonds. The third-order valence-corrected chi connectivity index (χ3v) is 6.53. The van der Waals surface area contributed by atoms with E-state index < -0.39 is 5.91 Å². The van der Waals surface area contributed by atoms with Crippen molar-refractivity contribution in [3.8, 4) is 11.4 Å². The van der Waals surface area contributed by atoms with E-state index in [-0.39, 0.29) is 5.97 Å². The quantitative estimate of drug-likeness (QED) is 0.395. The Labute approximate surface area is 203 Å². The third-order valence-electron chi connectivity index (χ3n) is 6.53. The van der Waals surface area contributed by atoms with Crippen LogP contribution in [0, 0.1) is 0 Å². The highest BCUT2D eigenvalue weighted by Gasteiger charge is 2.23. The molecule has 1 aliphatic heterocycles. The Morgan fingerprint density at radius 1 is 1.03 bits per heavy atom. The fourth-order valence-electron chi connectivity index (χ4n) is 4.72. The number of imidazole rings is 1. The van der Waals surface area contributed by atoms with Crippen molar-refractivity contribution < 1.29 is 14.3 Å². The number of aromatic nitrogens is 2. The SMILES string of the molecule is NC(=O)c1cccc2[nH]c(-c3ccc(C4CCCN(CC(=O)OCc5ccccc5)C4)cc3)nc12. The summed E-state index contributed by atoms with van der Waals surface area (Å²) in [6.07, 6.45) is 2.12. The molecule has 0 saturated carbocycles. The zero-order valence-corrected chi connectivity index (χ0v) is 19.4. The number of nitrogens with two attached hydrogens (primary N) is 1. The predicted octanol–water partition coefficient (Wildman–Crippen LogP) is 4.25. The molecule has 35 heavy (non-hydrogen) atoms. The van der Waals surface area contributed by atoms with Crippen LogP contribution in [0.1, 0.15) is 40.2 Å². The standard InChI is InChI=1S/C28H28N4O3/c29-27(34)23-9-4-10-24-26(23)31-28(30-24)21-13-11-20(12-14-21)22-8-5-15-32(16-22)17-25(33)35-18-19-6-2-1-3-7-19/h1-4,6-7,9-14,22H,5,8,15-18H2,(H2,29,34)(H,30,31). The van der Waals surface area contributed by atoms with Gasteiger partial charge in [-0.05, 0) is 48.6 Å². The average molecular weight is 469 g/mol. The highest BCUT2D eigenvalue weighted by molar-refractivity contribution is 6.04. The fourth-order valence-corrected chi connectivity index (χ4v) is 4.72. The number of amides is 1. The molecule has 2 heterocycles. The smallest absolute Gasteiger partial charge is 0.320 e. The summed E-state index contributed by atoms with van der Waals surface area (Å²) >= 11 is 0. The number of carbonyl (C=O) groups is 2. The van der Waals surface area contributed by atoms with Gasteiger partial charge in [0.2, 0.25) is 0 Å². The van der Waals surface area contributed by atoms with E-state index in [0.717, 1.165) is 42.6 Å². The van der Waals surface area contributed by atoms with E-state index in [1.165, 1.54) is 5.56 Å². The van der Waals surface area contributed by atoms with Crippen LogP contribution in [0.15, 0.2) is 72.8 Å². The summed E-state index contributed by atoms with van der Waals surface area (Å²) in [6.45, 7) is 2.34. The highest BCUT2D eigenvalue weighted by Crippen LogP contribution is 2.29. The Hall–Kier alpha value is -3.97. The molecule has 1 atom stereocenters. The van der Waals surface area contributed by atoms with Gasteiger partial charge >= 0.3 is 5.97 Å². The molecular formula is C28H28N4O3. The summed E-state index contributed by atoms with van der Waals surface area (Å²) in [5.74, 6) is 0.378. The van der Waals surface area contributed by atoms with Crippen LogP contribution in [-0.2, 0) is 16.1 Å². The van der Waals surface area contributed by atoms with Gasteiger partial charge in [-0.3, -0.25) is 14.5 Å². The lowest BCUT2D eigenvalue weighted by Gasteiger charge is -2.32. The molecule has 4 aromatic rings. The van der Waals surface area contributed by atoms with Gasteiger partial charge in [0.05, 0.1) is 17.6 Å². The molecule has 0 bridgehead atoms. The number of primary amides is 1. The van der Waals surface area contributed by atoms with Crippen molar-refractivity contribution >= 4 is 22.9 Å². The number of rotatable bonds is 7. The predicted molar refractivity (Wildman–Crippen MR) is 135 cm³/mol. The van der Waals surface area contributed by atoms with Gasteiger partial charge in [0.25, 0.3) is 5.91 Å². The number of hydrogen-bond donors (Lipinski definition) is 2. The van der Waals surface area contributed by atoms with Crippen molar-refractivity contribution in [2.75, 3.05) is 19.6 Å². The number of esters is 1. The molecule has 3 N–H and O–H groups in total. The average Bonchev–Trinajstić information content (AvgIpc) is 3.33. The van der Waals surface area contributed by atoms with Crippen molar-refractivity contribution in [1.82, 2.24) is 14.9 Å². The molecule has 0 radical (unpaired) electrons. The molecule has 0 spiro atoms. The maximum absolute atomic E-state index is 12.4. The number of hydrogen-bond acceptors (Lipinski definition) is 5. The Morgan fingerprint density at radius 2 is 1.83 bits per heavy atom. The van der Waals surface area contributed by atoms with Crippen molar-refractivity contribution in [2.45, 2.75) is 25.4 Å². The van der Waals surface area contributed by atoms with E-state index in [2.05, 4.69) is 27.0 Å². The van der Waals surface area contributed by atoms with Gasteiger partial charge in [0.15, 0.2) is 0 Å². The Bertz CT molecular complexity index is 1330. The summed E-state index contributed by atoms with van der Waals surface area (Å²) in [7, 11) is 0. The number of piperidine rings is 1. The minimum atomic E-state index is -0.491. The summed E-state index contributed by atoms with van der Waals surface area (Å²) in [5, 5.41) is 0. The second-order valence-electron chi connectivity index (χ2n) is 8.99. The van der Waals surface area contributed by atoms with Crippen LogP contribution in [0.4, 0.5) is 0 Å². The van der Waals surface area contributed by atoms with Crippen LogP contribution in [0.2, 0.25) is 0 Å². The number of ether oxygens (including phenoxy) is 1. The summed E-state index contributed by atoms with van der Waals surface area (Å²) in [4.78, 5) is 34.2. The first-order valence-corrected chi connectivity index (χ1v) is 11.9. The molecule has 178 valence electrons. The van der Waals surface area contributed by atoms with Crippen LogP contribution in [-0.4, -0.2) is 46.4 Å². The number of likely N-dealkylation sites (tertiary alicyclic amines) is 1. The summed E-state index contributed by atoms with van der Waals surface area (Å²) < 4.78 is 5.46. The van der Waals surface area contributed by atoms with Gasteiger partial charge in [-0.25, -0.2) is 4.98 Å². The fraction of sp³-hybridized carbons (Fsp3) is 0.250. The van der Waals surface area contributed by atoms with Gasteiger partial charge in [0.1, 0.15) is 17.9 Å². The summed E-state index contributed by atoms with van der Waals surface area (Å²) in [6, 6.07) is 23.4. The number of H-pyrrole nitrogens is 1. The number of nitrogens with one attached hydrogen (secondary N) is 1. The second-order valence-corrected chi connectivity index (χ2v) is 8.99. The van der Waals surface area contributed by atoms with Crippen molar-refractivity contribution in [2.24, 2.45) is 5.73 Å². The van der Waals surface area contributed by atoms with Crippen LogP contribution >= 0.6 is 0 Å². The lowest BCUT2D eigenvalue weighted by atomic mass is 9.90. The van der Waals surface area contributed by atoms with E-state index in [9.17, 15) is 9.59 Å². The van der Waals surface area contributed by atoms with Crippen molar-refractivity contribution in [1.29, 1.82) is 0 Å². The maximum atomic E-state index is 12.4. The van der Waals surface area contributed by atoms with Crippen LogP contribution < -0.4 is 5.73 Å². The molecule has 5 rings (SSSR count). The Balaban J connectivity index is 1.22. The van der Waals surface area contributed by atoms with E-state index in [1.807, 2.05) is 48.5 Å². The molecule has 0 aliphatic carbocycles. The number of benzene rings is 3. The number of para-hydroxylation sites is 1. The lowest BCUT2D eigenvalue weighted by molar-refractivity contribution is -0.146. The normalized spacial score (nSPS) is 16.3. The number of fused-ring (bicyclic) bond motifs is 1. The van der Waals surface area contributed by atoms with Crippen LogP contribution in [0.3, 0.4) is 0 Å². The summed E-state index contributed by atoms with van der Waals surface area (Å²) in [5.41, 5.74) is 10.4. The topological polar surface area (TPSA) is 101 Å². The van der Waals surface area contributed by atoms with E-state index in [4.69, 9.17) is 10.5 Å². The molecule has 7 heteroatoms. The van der Waals surface area contributed by atoms with Crippen molar-refractivity contribution in [3.63, 3.8) is 0 Å². The highest BCUT2D eigenvalue weighted by atomic mass is 16.5. The van der Waals surface area contributed by atoms with Crippen LogP contribution in [0.25, 0.3) is 22.4 Å². The molecular weight excluding hydrogens is 440 g/mol. The minimum absolute atomic E-state index is 0.190. The van der Waals surface area contributed by atoms with E-state index in [1.54, 1.807) is 12.1 Å². The largest absolute Gasteiger partial charge is 0.460 e. The van der Waals surface area contributed by atoms with Gasteiger partial charge in [-0.15, -0.1) is 0 Å². The number of carbonyl (C=O) groups excluding carboxylic acids is 2. The Morgan fingerprint density at radius 3 is 2.60 bits per heavy atom. The van der Waals surface area contributed by atoms with Gasteiger partial charge < -0.3 is 15.5 Å². The van der Waals surface area contributed by atoms with Gasteiger partial charge in [-0.2, -0.15) is 0 Å². The third kappa shape index (κ3) is 5.25. The molecule has 7 nitrogen and oxygen atoms in total. The van der Waals surface area contributed by atoms with Crippen molar-refractivity contribution in [3.05, 3.63) is 89.5 Å². The molecule has 1 aromatic heterocycles. The molecule has 1 fully saturated rings. The monoisotopic (exact) mass is 468 g/mol.